The third-order valence-electron chi connectivity index (χ3n) is 7.50. The van der Waals surface area contributed by atoms with E-state index in [0.717, 1.165) is 31.2 Å². The zero-order chi connectivity index (χ0) is 26.9. The summed E-state index contributed by atoms with van der Waals surface area (Å²) >= 11 is 0. The Morgan fingerprint density at radius 2 is 1.89 bits per heavy atom. The number of nitrogens with zero attached hydrogens (tertiary/aromatic N) is 4. The zero-order valence-electron chi connectivity index (χ0n) is 22.1. The van der Waals surface area contributed by atoms with Crippen LogP contribution in [0.5, 0.6) is 11.5 Å². The molecule has 1 aromatic heterocycles. The van der Waals surface area contributed by atoms with Gasteiger partial charge in [-0.25, -0.2) is 9.97 Å². The van der Waals surface area contributed by atoms with E-state index in [9.17, 15) is 14.7 Å². The second-order valence-corrected chi connectivity index (χ2v) is 10.0. The largest absolute Gasteiger partial charge is 0.481 e. The average Bonchev–Trinajstić information content (AvgIpc) is 3.54. The van der Waals surface area contributed by atoms with Crippen molar-refractivity contribution >= 4 is 11.9 Å². The van der Waals surface area contributed by atoms with Crippen molar-refractivity contribution in [3.63, 3.8) is 0 Å². The highest BCUT2D eigenvalue weighted by Crippen LogP contribution is 2.42. The lowest BCUT2D eigenvalue weighted by Gasteiger charge is -2.29. The monoisotopic (exact) mass is 525 g/mol. The van der Waals surface area contributed by atoms with E-state index in [0.29, 0.717) is 56.3 Å². The number of hydrogen-bond donors (Lipinski definition) is 2. The normalized spacial score (nSPS) is 20.5. The van der Waals surface area contributed by atoms with Gasteiger partial charge >= 0.3 is 5.97 Å². The highest BCUT2D eigenvalue weighted by molar-refractivity contribution is 5.79. The number of ether oxygens (including phenoxy) is 2. The van der Waals surface area contributed by atoms with Gasteiger partial charge in [0.25, 0.3) is 0 Å². The number of aromatic nitrogens is 2. The average molecular weight is 526 g/mol. The minimum atomic E-state index is -0.868. The molecule has 206 valence electrons. The summed E-state index contributed by atoms with van der Waals surface area (Å²) in [5.74, 6) is 0.139. The van der Waals surface area contributed by atoms with Crippen LogP contribution in [-0.2, 0) is 16.0 Å². The van der Waals surface area contributed by atoms with Crippen LogP contribution in [0.25, 0.3) is 0 Å². The Bertz CT molecular complexity index is 1070. The van der Waals surface area contributed by atoms with E-state index < -0.39 is 11.9 Å². The number of carboxylic acids is 1. The molecule has 0 aliphatic carbocycles. The summed E-state index contributed by atoms with van der Waals surface area (Å²) < 4.78 is 11.0. The van der Waals surface area contributed by atoms with Crippen molar-refractivity contribution in [3.8, 4) is 11.5 Å². The molecule has 38 heavy (non-hydrogen) atoms. The molecule has 3 N–H and O–H groups in total. The molecule has 1 aromatic carbocycles. The number of benzene rings is 1. The summed E-state index contributed by atoms with van der Waals surface area (Å²) in [6.07, 6.45) is 8.11. The third-order valence-corrected chi connectivity index (χ3v) is 7.50. The van der Waals surface area contributed by atoms with E-state index in [1.165, 1.54) is 0 Å². The number of hydrogen-bond acceptors (Lipinski definition) is 8. The molecule has 1 amide bonds. The number of fused-ring (bicyclic) bond motifs is 1. The Hall–Kier alpha value is -3.24. The number of amides is 1. The fourth-order valence-electron chi connectivity index (χ4n) is 5.50. The van der Waals surface area contributed by atoms with E-state index in [1.807, 2.05) is 23.1 Å². The molecule has 10 heteroatoms. The van der Waals surface area contributed by atoms with Crippen molar-refractivity contribution in [2.75, 3.05) is 39.5 Å². The van der Waals surface area contributed by atoms with E-state index >= 15 is 0 Å². The molecule has 2 aromatic rings. The quantitative estimate of drug-likeness (QED) is 0.357. The van der Waals surface area contributed by atoms with Crippen molar-refractivity contribution in [3.05, 3.63) is 48.0 Å². The zero-order valence-corrected chi connectivity index (χ0v) is 22.1. The van der Waals surface area contributed by atoms with Crippen LogP contribution in [0.3, 0.4) is 0 Å². The predicted molar refractivity (Wildman–Crippen MR) is 142 cm³/mol. The summed E-state index contributed by atoms with van der Waals surface area (Å²) in [7, 11) is 0. The minimum absolute atomic E-state index is 0.0342. The number of aryl methyl sites for hydroxylation is 1. The first-order chi connectivity index (χ1) is 18.5. The first-order valence-corrected chi connectivity index (χ1v) is 13.6. The number of carbonyl (C=O) groups excluding carboxylic acids is 1. The number of likely N-dealkylation sites (tertiary alicyclic amines) is 1. The number of carboxylic acid groups (broad SMARTS) is 1. The molecule has 4 rings (SSSR count). The van der Waals surface area contributed by atoms with Crippen molar-refractivity contribution in [2.45, 2.75) is 57.4 Å². The van der Waals surface area contributed by atoms with Crippen molar-refractivity contribution in [1.29, 1.82) is 0 Å². The molecule has 0 spiro atoms. The molecule has 3 atom stereocenters. The SMILES string of the molecule is CCCCN(CCCCN)C(=O)CN1C[C@H](c2ccc3c(c2)OCO3)C(C(=O)O)[C@@H]1CCc1ncccn1. The molecule has 2 aliphatic heterocycles. The number of rotatable bonds is 14. The van der Waals surface area contributed by atoms with Gasteiger partial charge in [-0.1, -0.05) is 19.4 Å². The molecule has 1 saturated heterocycles. The van der Waals surface area contributed by atoms with Crippen LogP contribution in [0.4, 0.5) is 0 Å². The van der Waals surface area contributed by atoms with Gasteiger partial charge in [-0.05, 0) is 56.0 Å². The predicted octanol–water partition coefficient (Wildman–Crippen LogP) is 2.67. The van der Waals surface area contributed by atoms with Gasteiger partial charge in [-0.15, -0.1) is 0 Å². The number of aliphatic carboxylic acids is 1. The molecule has 10 nitrogen and oxygen atoms in total. The molecule has 0 saturated carbocycles. The fourth-order valence-corrected chi connectivity index (χ4v) is 5.50. The van der Waals surface area contributed by atoms with Crippen LogP contribution in [-0.4, -0.2) is 82.3 Å². The second kappa shape index (κ2) is 13.5. The first kappa shape index (κ1) is 27.8. The minimum Gasteiger partial charge on any atom is -0.481 e. The van der Waals surface area contributed by atoms with Gasteiger partial charge in [-0.2, -0.15) is 0 Å². The van der Waals surface area contributed by atoms with E-state index in [4.69, 9.17) is 15.2 Å². The smallest absolute Gasteiger partial charge is 0.308 e. The van der Waals surface area contributed by atoms with Crippen molar-refractivity contribution in [2.24, 2.45) is 11.7 Å². The van der Waals surface area contributed by atoms with Gasteiger partial charge in [0.15, 0.2) is 11.5 Å². The van der Waals surface area contributed by atoms with Crippen LogP contribution in [0.15, 0.2) is 36.7 Å². The van der Waals surface area contributed by atoms with Crippen LogP contribution in [0.1, 0.15) is 56.3 Å². The highest BCUT2D eigenvalue weighted by atomic mass is 16.7. The molecular formula is C28H39N5O5. The number of nitrogens with two attached hydrogens (primary N) is 1. The van der Waals surface area contributed by atoms with Crippen LogP contribution in [0, 0.1) is 5.92 Å². The maximum absolute atomic E-state index is 13.5. The van der Waals surface area contributed by atoms with E-state index in [2.05, 4.69) is 21.8 Å². The molecule has 2 aliphatic rings. The number of carbonyl (C=O) groups is 2. The van der Waals surface area contributed by atoms with Gasteiger partial charge in [0.05, 0.1) is 12.5 Å². The van der Waals surface area contributed by atoms with Crippen molar-refractivity contribution < 1.29 is 24.2 Å². The Balaban J connectivity index is 1.57. The Morgan fingerprint density at radius 1 is 1.13 bits per heavy atom. The van der Waals surface area contributed by atoms with Gasteiger partial charge in [0.1, 0.15) is 5.82 Å². The molecule has 3 heterocycles. The third kappa shape index (κ3) is 6.79. The lowest BCUT2D eigenvalue weighted by molar-refractivity contribution is -0.143. The second-order valence-electron chi connectivity index (χ2n) is 10.0. The summed E-state index contributed by atoms with van der Waals surface area (Å²) in [5.41, 5.74) is 6.55. The molecule has 0 radical (unpaired) electrons. The maximum atomic E-state index is 13.5. The van der Waals surface area contributed by atoms with Crippen LogP contribution < -0.4 is 15.2 Å². The summed E-state index contributed by atoms with van der Waals surface area (Å²) in [4.78, 5) is 38.9. The lowest BCUT2D eigenvalue weighted by Crippen LogP contribution is -2.45. The van der Waals surface area contributed by atoms with Gasteiger partial charge < -0.3 is 25.2 Å². The lowest BCUT2D eigenvalue weighted by atomic mass is 9.83. The topological polar surface area (TPSA) is 131 Å². The van der Waals surface area contributed by atoms with Gasteiger partial charge in [0.2, 0.25) is 12.7 Å². The molecule has 0 bridgehead atoms. The fraction of sp³-hybridized carbons (Fsp3) is 0.571. The van der Waals surface area contributed by atoms with E-state index in [-0.39, 0.29) is 31.2 Å². The first-order valence-electron chi connectivity index (χ1n) is 13.6. The summed E-state index contributed by atoms with van der Waals surface area (Å²) in [6, 6.07) is 7.05. The Morgan fingerprint density at radius 3 is 2.63 bits per heavy atom. The van der Waals surface area contributed by atoms with Gasteiger partial charge in [0, 0.05) is 50.4 Å². The Labute approximate surface area is 224 Å². The number of unbranched alkanes of at least 4 members (excludes halogenated alkanes) is 2. The highest BCUT2D eigenvalue weighted by Gasteiger charge is 2.47. The summed E-state index contributed by atoms with van der Waals surface area (Å²) in [6.45, 7) is 4.88. The maximum Gasteiger partial charge on any atom is 0.308 e. The van der Waals surface area contributed by atoms with Crippen LogP contribution in [0.2, 0.25) is 0 Å². The molecular weight excluding hydrogens is 486 g/mol. The summed E-state index contributed by atoms with van der Waals surface area (Å²) in [5, 5.41) is 10.4. The van der Waals surface area contributed by atoms with Crippen LogP contribution >= 0.6 is 0 Å². The van der Waals surface area contributed by atoms with E-state index in [1.54, 1.807) is 18.5 Å². The van der Waals surface area contributed by atoms with Crippen molar-refractivity contribution in [1.82, 2.24) is 19.8 Å². The Kier molecular flexibility index (Phi) is 9.89. The molecule has 1 fully saturated rings. The standard InChI is InChI=1S/C28H39N5O5/c1-2-3-14-32(15-5-4-11-29)26(34)18-33-17-21(20-7-9-23-24(16-20)38-19-37-23)27(28(35)36)22(33)8-10-25-30-12-6-13-31-25/h6-7,9,12-13,16,21-22,27H,2-5,8,10-11,14-15,17-19,29H2,1H3,(H,35,36)/t21-,22+,27?/m1/s1. The molecule has 1 unspecified atom stereocenters. The van der Waals surface area contributed by atoms with Gasteiger partial charge in [-0.3, -0.25) is 14.5 Å².